The normalized spacial score (nSPS) is 37.1. The number of alkyl halides is 3. The van der Waals surface area contributed by atoms with Gasteiger partial charge in [-0.25, -0.2) is 28.6 Å². The second-order valence-electron chi connectivity index (χ2n) is 8.32. The van der Waals surface area contributed by atoms with Crippen LogP contribution in [0.15, 0.2) is 24.8 Å². The van der Waals surface area contributed by atoms with Crippen LogP contribution in [-0.4, -0.2) is 57.4 Å². The monoisotopic (exact) mass is 407 g/mol. The highest BCUT2D eigenvalue weighted by Crippen LogP contribution is 2.45. The van der Waals surface area contributed by atoms with Gasteiger partial charge in [-0.1, -0.05) is 0 Å². The van der Waals surface area contributed by atoms with Gasteiger partial charge in [-0.15, -0.1) is 0 Å². The van der Waals surface area contributed by atoms with E-state index in [9.17, 15) is 13.2 Å². The lowest BCUT2D eigenvalue weighted by molar-refractivity contribution is 0.153. The van der Waals surface area contributed by atoms with Crippen LogP contribution in [0, 0.1) is 5.92 Å². The Hall–Kier alpha value is -2.20. The molecule has 4 heterocycles. The first kappa shape index (κ1) is 18.8. The highest BCUT2D eigenvalue weighted by molar-refractivity contribution is 5.42. The second-order valence-corrected chi connectivity index (χ2v) is 8.32. The molecule has 2 aliphatic heterocycles. The highest BCUT2D eigenvalue weighted by Gasteiger charge is 2.46. The van der Waals surface area contributed by atoms with Gasteiger partial charge in [0, 0.05) is 31.3 Å². The first-order valence-electron chi connectivity index (χ1n) is 9.98. The Morgan fingerprint density at radius 1 is 1.03 bits per heavy atom. The number of aromatic nitrogens is 4. The van der Waals surface area contributed by atoms with E-state index in [-0.39, 0.29) is 37.0 Å². The Balaban J connectivity index is 1.37. The lowest BCUT2D eigenvalue weighted by Crippen LogP contribution is -2.39. The average Bonchev–Trinajstić information content (AvgIpc) is 3.40. The van der Waals surface area contributed by atoms with Crippen LogP contribution in [0.25, 0.3) is 0 Å². The molecular formula is C19H24F3N7. The maximum absolute atomic E-state index is 14.8. The Bertz CT molecular complexity index is 867. The summed E-state index contributed by atoms with van der Waals surface area (Å²) in [4.78, 5) is 10.2. The minimum atomic E-state index is -1.50. The zero-order valence-corrected chi connectivity index (χ0v) is 16.0. The second kappa shape index (κ2) is 7.24. The molecule has 0 spiro atoms. The molecule has 2 aromatic rings. The summed E-state index contributed by atoms with van der Waals surface area (Å²) in [6.07, 6.45) is 2.17. The van der Waals surface area contributed by atoms with Crippen LogP contribution in [0.1, 0.15) is 36.1 Å². The van der Waals surface area contributed by atoms with Gasteiger partial charge in [0.05, 0.1) is 31.0 Å². The molecule has 5 unspecified atom stereocenters. The van der Waals surface area contributed by atoms with E-state index in [0.29, 0.717) is 18.7 Å². The van der Waals surface area contributed by atoms with Crippen LogP contribution >= 0.6 is 0 Å². The van der Waals surface area contributed by atoms with Gasteiger partial charge in [-0.3, -0.25) is 10.1 Å². The van der Waals surface area contributed by atoms with Gasteiger partial charge in [-0.2, -0.15) is 5.10 Å². The summed E-state index contributed by atoms with van der Waals surface area (Å²) in [5, 5.41) is 4.19. The average molecular weight is 407 g/mol. The largest absolute Gasteiger partial charge is 0.350 e. The molecule has 29 heavy (non-hydrogen) atoms. The first-order chi connectivity index (χ1) is 14.0. The van der Waals surface area contributed by atoms with E-state index in [1.165, 1.54) is 6.33 Å². The molecule has 2 saturated heterocycles. The van der Waals surface area contributed by atoms with Crippen molar-refractivity contribution in [2.75, 3.05) is 18.0 Å². The Morgan fingerprint density at radius 3 is 2.55 bits per heavy atom. The molecule has 3 aliphatic rings. The molecule has 5 rings (SSSR count). The van der Waals surface area contributed by atoms with Crippen molar-refractivity contribution in [1.29, 1.82) is 0 Å². The topological polar surface area (TPSA) is 70.9 Å². The number of halogens is 3. The van der Waals surface area contributed by atoms with Gasteiger partial charge in [0.1, 0.15) is 18.3 Å². The van der Waals surface area contributed by atoms with Crippen LogP contribution in [0.5, 0.6) is 0 Å². The SMILES string of the molecule is Cn1cc(C2CC3C(CC2F)NNC3c2cc(N3C[C@@H](F)[C@H](F)C3)ncn2)cn1. The van der Waals surface area contributed by atoms with Crippen LogP contribution in [0.4, 0.5) is 19.0 Å². The van der Waals surface area contributed by atoms with Gasteiger partial charge in [0.15, 0.2) is 12.3 Å². The Kier molecular flexibility index (Phi) is 4.70. The van der Waals surface area contributed by atoms with E-state index in [0.717, 1.165) is 11.3 Å². The van der Waals surface area contributed by atoms with Crippen molar-refractivity contribution >= 4 is 5.82 Å². The van der Waals surface area contributed by atoms with Gasteiger partial charge in [0.25, 0.3) is 0 Å². The van der Waals surface area contributed by atoms with Crippen LogP contribution < -0.4 is 15.8 Å². The molecule has 0 bridgehead atoms. The van der Waals surface area contributed by atoms with Crippen molar-refractivity contribution in [3.05, 3.63) is 36.0 Å². The van der Waals surface area contributed by atoms with Crippen molar-refractivity contribution in [3.8, 4) is 0 Å². The molecule has 1 aliphatic carbocycles. The third kappa shape index (κ3) is 3.38. The lowest BCUT2D eigenvalue weighted by atomic mass is 9.72. The Morgan fingerprint density at radius 2 is 1.83 bits per heavy atom. The van der Waals surface area contributed by atoms with Gasteiger partial charge >= 0.3 is 0 Å². The quantitative estimate of drug-likeness (QED) is 0.808. The zero-order chi connectivity index (χ0) is 20.1. The van der Waals surface area contributed by atoms with Crippen molar-refractivity contribution < 1.29 is 13.2 Å². The molecular weight excluding hydrogens is 383 g/mol. The number of nitrogens with zero attached hydrogens (tertiary/aromatic N) is 5. The van der Waals surface area contributed by atoms with Crippen molar-refractivity contribution in [3.63, 3.8) is 0 Å². The van der Waals surface area contributed by atoms with Crippen LogP contribution in [0.3, 0.4) is 0 Å². The molecule has 2 N–H and O–H groups in total. The van der Waals surface area contributed by atoms with E-state index in [4.69, 9.17) is 0 Å². The van der Waals surface area contributed by atoms with Gasteiger partial charge in [-0.05, 0) is 24.3 Å². The van der Waals surface area contributed by atoms with Gasteiger partial charge < -0.3 is 4.90 Å². The number of anilines is 1. The number of aryl methyl sites for hydroxylation is 1. The molecule has 156 valence electrons. The van der Waals surface area contributed by atoms with Crippen molar-refractivity contribution in [2.24, 2.45) is 13.0 Å². The third-order valence-corrected chi connectivity index (χ3v) is 6.46. The molecule has 7 nitrogen and oxygen atoms in total. The predicted octanol–water partition coefficient (Wildman–Crippen LogP) is 1.76. The molecule has 3 fully saturated rings. The molecule has 10 heteroatoms. The fraction of sp³-hybridized carbons (Fsp3) is 0.632. The maximum Gasteiger partial charge on any atom is 0.150 e. The summed E-state index contributed by atoms with van der Waals surface area (Å²) in [6.45, 7) is -0.0146. The number of hydrogen-bond donors (Lipinski definition) is 2. The number of hydrazine groups is 1. The van der Waals surface area contributed by atoms with Crippen molar-refractivity contribution in [1.82, 2.24) is 30.6 Å². The predicted molar refractivity (Wildman–Crippen MR) is 100 cm³/mol. The van der Waals surface area contributed by atoms with Crippen LogP contribution in [0.2, 0.25) is 0 Å². The minimum Gasteiger partial charge on any atom is -0.350 e. The summed E-state index contributed by atoms with van der Waals surface area (Å²) in [6, 6.07) is 1.66. The molecule has 2 aromatic heterocycles. The maximum atomic E-state index is 14.8. The molecule has 7 atom stereocenters. The number of rotatable bonds is 3. The third-order valence-electron chi connectivity index (χ3n) is 6.46. The van der Waals surface area contributed by atoms with E-state index in [1.807, 2.05) is 13.2 Å². The fourth-order valence-corrected chi connectivity index (χ4v) is 4.91. The fourth-order valence-electron chi connectivity index (χ4n) is 4.91. The lowest BCUT2D eigenvalue weighted by Gasteiger charge is -2.35. The number of fused-ring (bicyclic) bond motifs is 1. The van der Waals surface area contributed by atoms with Gasteiger partial charge in [0.2, 0.25) is 0 Å². The summed E-state index contributed by atoms with van der Waals surface area (Å²) in [7, 11) is 1.83. The van der Waals surface area contributed by atoms with Crippen molar-refractivity contribution in [2.45, 2.75) is 49.4 Å². The standard InChI is InChI=1S/C19H24F3N7/c1-28-6-10(5-25-28)11-2-12-16(3-13(11)20)26-27-19(12)17-4-18(24-9-23-17)29-7-14(21)15(22)8-29/h4-6,9,11-16,19,26-27H,2-3,7-8H2,1H3/t11?,12?,13?,14-,15-,16?,19?/m1/s1. The number of hydrogen-bond acceptors (Lipinski definition) is 6. The van der Waals surface area contributed by atoms with E-state index < -0.39 is 18.5 Å². The highest BCUT2D eigenvalue weighted by atomic mass is 19.2. The Labute approximate surface area is 166 Å². The summed E-state index contributed by atoms with van der Waals surface area (Å²) >= 11 is 0. The van der Waals surface area contributed by atoms with E-state index in [1.54, 1.807) is 21.8 Å². The first-order valence-corrected chi connectivity index (χ1v) is 9.98. The summed E-state index contributed by atoms with van der Waals surface area (Å²) in [5.74, 6) is 0.441. The minimum absolute atomic E-state index is 0.00133. The summed E-state index contributed by atoms with van der Waals surface area (Å²) in [5.41, 5.74) is 8.12. The molecule has 1 saturated carbocycles. The zero-order valence-electron chi connectivity index (χ0n) is 16.0. The van der Waals surface area contributed by atoms with E-state index >= 15 is 0 Å². The van der Waals surface area contributed by atoms with E-state index in [2.05, 4.69) is 25.9 Å². The smallest absolute Gasteiger partial charge is 0.150 e. The molecule has 0 aromatic carbocycles. The summed E-state index contributed by atoms with van der Waals surface area (Å²) < 4.78 is 43.7. The van der Waals surface area contributed by atoms with Crippen LogP contribution in [-0.2, 0) is 7.05 Å². The number of nitrogens with one attached hydrogen (secondary N) is 2. The molecule has 0 radical (unpaired) electrons. The molecule has 0 amide bonds.